The van der Waals surface area contributed by atoms with E-state index in [1.165, 1.54) is 6.20 Å². The van der Waals surface area contributed by atoms with Gasteiger partial charge in [0.1, 0.15) is 0 Å². The molecule has 0 fully saturated rings. The maximum Gasteiger partial charge on any atom is 0.253 e. The molecule has 5 heteroatoms. The summed E-state index contributed by atoms with van der Waals surface area (Å²) >= 11 is 3.41. The Morgan fingerprint density at radius 2 is 2.15 bits per heavy atom. The third-order valence-electron chi connectivity index (χ3n) is 2.52. The molecule has 0 atom stereocenters. The molecule has 0 saturated carbocycles. The van der Waals surface area contributed by atoms with Gasteiger partial charge in [-0.25, -0.2) is 0 Å². The van der Waals surface area contributed by atoms with Crippen LogP contribution >= 0.6 is 15.9 Å². The maximum atomic E-state index is 11.8. The second-order valence-electron chi connectivity index (χ2n) is 4.10. The number of amides is 1. The van der Waals surface area contributed by atoms with Crippen molar-refractivity contribution >= 4 is 33.2 Å². The molecular formula is C15H14BrN3O. The quantitative estimate of drug-likeness (QED) is 0.824. The van der Waals surface area contributed by atoms with Crippen LogP contribution in [-0.4, -0.2) is 17.4 Å². The lowest BCUT2D eigenvalue weighted by Crippen LogP contribution is -2.23. The van der Waals surface area contributed by atoms with E-state index < -0.39 is 0 Å². The number of nitrogens with one attached hydrogen (secondary N) is 2. The van der Waals surface area contributed by atoms with Crippen LogP contribution in [0.3, 0.4) is 0 Å². The van der Waals surface area contributed by atoms with E-state index in [9.17, 15) is 4.79 Å². The normalized spacial score (nSPS) is 9.85. The van der Waals surface area contributed by atoms with Crippen molar-refractivity contribution in [3.8, 4) is 0 Å². The lowest BCUT2D eigenvalue weighted by molar-refractivity contribution is 0.0957. The summed E-state index contributed by atoms with van der Waals surface area (Å²) in [6.45, 7) is 3.99. The molecule has 2 rings (SSSR count). The summed E-state index contributed by atoms with van der Waals surface area (Å²) in [5.74, 6) is -0.171. The number of hydrogen-bond donors (Lipinski definition) is 2. The molecule has 2 N–H and O–H groups in total. The fourth-order valence-corrected chi connectivity index (χ4v) is 2.03. The van der Waals surface area contributed by atoms with Crippen LogP contribution in [0.4, 0.5) is 11.4 Å². The van der Waals surface area contributed by atoms with Crippen molar-refractivity contribution in [2.75, 3.05) is 11.9 Å². The molecule has 0 saturated heterocycles. The number of carbonyl (C=O) groups excluding carboxylic acids is 1. The monoisotopic (exact) mass is 331 g/mol. The molecule has 0 bridgehead atoms. The molecule has 0 aliphatic rings. The smallest absolute Gasteiger partial charge is 0.253 e. The van der Waals surface area contributed by atoms with Gasteiger partial charge in [-0.2, -0.15) is 0 Å². The van der Waals surface area contributed by atoms with Crippen LogP contribution in [0.5, 0.6) is 0 Å². The van der Waals surface area contributed by atoms with E-state index in [0.29, 0.717) is 12.1 Å². The van der Waals surface area contributed by atoms with Crippen molar-refractivity contribution in [1.29, 1.82) is 0 Å². The second kappa shape index (κ2) is 6.86. The van der Waals surface area contributed by atoms with E-state index in [1.54, 1.807) is 18.3 Å². The molecule has 1 amide bonds. The average molecular weight is 332 g/mol. The lowest BCUT2D eigenvalue weighted by Gasteiger charge is -2.08. The van der Waals surface area contributed by atoms with Gasteiger partial charge in [-0.1, -0.05) is 28.1 Å². The van der Waals surface area contributed by atoms with Crippen molar-refractivity contribution in [2.24, 2.45) is 0 Å². The number of rotatable bonds is 5. The van der Waals surface area contributed by atoms with Gasteiger partial charge in [0, 0.05) is 22.9 Å². The number of hydrogen-bond acceptors (Lipinski definition) is 3. The second-order valence-corrected chi connectivity index (χ2v) is 5.01. The van der Waals surface area contributed by atoms with Gasteiger partial charge in [0.2, 0.25) is 0 Å². The van der Waals surface area contributed by atoms with Gasteiger partial charge in [0.25, 0.3) is 5.91 Å². The molecule has 2 aromatic rings. The Kier molecular flexibility index (Phi) is 4.90. The largest absolute Gasteiger partial charge is 0.354 e. The molecule has 0 unspecified atom stereocenters. The highest BCUT2D eigenvalue weighted by Gasteiger charge is 2.06. The molecule has 1 aromatic heterocycles. The summed E-state index contributed by atoms with van der Waals surface area (Å²) in [6, 6.07) is 9.52. The number of anilines is 2. The predicted octanol–water partition coefficient (Wildman–Crippen LogP) is 3.50. The minimum atomic E-state index is -0.171. The Bertz CT molecular complexity index is 628. The van der Waals surface area contributed by atoms with Gasteiger partial charge in [0.05, 0.1) is 17.4 Å². The zero-order valence-electron chi connectivity index (χ0n) is 10.8. The van der Waals surface area contributed by atoms with Gasteiger partial charge in [-0.15, -0.1) is 6.58 Å². The number of benzene rings is 1. The van der Waals surface area contributed by atoms with Crippen LogP contribution < -0.4 is 10.6 Å². The first kappa shape index (κ1) is 14.3. The van der Waals surface area contributed by atoms with Crippen LogP contribution in [0.25, 0.3) is 0 Å². The van der Waals surface area contributed by atoms with Crippen LogP contribution in [0.2, 0.25) is 0 Å². The van der Waals surface area contributed by atoms with Crippen molar-refractivity contribution in [3.05, 3.63) is 65.4 Å². The summed E-state index contributed by atoms with van der Waals surface area (Å²) in [7, 11) is 0. The topological polar surface area (TPSA) is 54.0 Å². The third kappa shape index (κ3) is 3.93. The Hall–Kier alpha value is -2.14. The number of aromatic nitrogens is 1. The van der Waals surface area contributed by atoms with Crippen molar-refractivity contribution in [2.45, 2.75) is 0 Å². The first-order valence-corrected chi connectivity index (χ1v) is 6.85. The number of halogens is 1. The summed E-state index contributed by atoms with van der Waals surface area (Å²) in [5.41, 5.74) is 2.19. The van der Waals surface area contributed by atoms with E-state index in [0.717, 1.165) is 15.8 Å². The molecule has 1 aromatic carbocycles. The minimum Gasteiger partial charge on any atom is -0.354 e. The summed E-state index contributed by atoms with van der Waals surface area (Å²) < 4.78 is 0.982. The first-order chi connectivity index (χ1) is 9.69. The zero-order valence-corrected chi connectivity index (χ0v) is 12.4. The molecule has 4 nitrogen and oxygen atoms in total. The Balaban J connectivity index is 2.13. The molecule has 1 heterocycles. The molecule has 0 aliphatic carbocycles. The predicted molar refractivity (Wildman–Crippen MR) is 84.2 cm³/mol. The molecule has 0 aliphatic heterocycles. The Labute approximate surface area is 126 Å². The molecule has 0 spiro atoms. The zero-order chi connectivity index (χ0) is 14.4. The van der Waals surface area contributed by atoms with E-state index in [-0.39, 0.29) is 5.91 Å². The molecular weight excluding hydrogens is 318 g/mol. The minimum absolute atomic E-state index is 0.171. The van der Waals surface area contributed by atoms with Gasteiger partial charge < -0.3 is 10.6 Å². The molecule has 20 heavy (non-hydrogen) atoms. The fraction of sp³-hybridized carbons (Fsp3) is 0.0667. The summed E-state index contributed by atoms with van der Waals surface area (Å²) in [5, 5.41) is 5.92. The van der Waals surface area contributed by atoms with Crippen LogP contribution in [0.15, 0.2) is 59.9 Å². The third-order valence-corrected chi connectivity index (χ3v) is 3.01. The first-order valence-electron chi connectivity index (χ1n) is 6.06. The van der Waals surface area contributed by atoms with Crippen LogP contribution in [-0.2, 0) is 0 Å². The van der Waals surface area contributed by atoms with Crippen LogP contribution in [0.1, 0.15) is 10.4 Å². The highest BCUT2D eigenvalue weighted by atomic mass is 79.9. The van der Waals surface area contributed by atoms with E-state index in [1.807, 2.05) is 24.3 Å². The van der Waals surface area contributed by atoms with Gasteiger partial charge in [-0.3, -0.25) is 9.78 Å². The highest BCUT2D eigenvalue weighted by molar-refractivity contribution is 9.10. The van der Waals surface area contributed by atoms with Gasteiger partial charge in [-0.05, 0) is 24.3 Å². The van der Waals surface area contributed by atoms with Crippen molar-refractivity contribution in [1.82, 2.24) is 10.3 Å². The molecule has 102 valence electrons. The maximum absolute atomic E-state index is 11.8. The number of carbonyl (C=O) groups is 1. The van der Waals surface area contributed by atoms with Crippen molar-refractivity contribution < 1.29 is 4.79 Å². The van der Waals surface area contributed by atoms with E-state index in [2.05, 4.69) is 38.1 Å². The summed E-state index contributed by atoms with van der Waals surface area (Å²) in [4.78, 5) is 15.9. The SMILES string of the molecule is C=CCNC(=O)c1cncc(Nc2cccc(Br)c2)c1. The molecule has 0 radical (unpaired) electrons. The van der Waals surface area contributed by atoms with Gasteiger partial charge >= 0.3 is 0 Å². The lowest BCUT2D eigenvalue weighted by atomic mass is 10.2. The number of nitrogens with zero attached hydrogens (tertiary/aromatic N) is 1. The van der Waals surface area contributed by atoms with Crippen molar-refractivity contribution in [3.63, 3.8) is 0 Å². The van der Waals surface area contributed by atoms with Gasteiger partial charge in [0.15, 0.2) is 0 Å². The number of pyridine rings is 1. The Morgan fingerprint density at radius 1 is 1.30 bits per heavy atom. The van der Waals surface area contributed by atoms with Crippen LogP contribution in [0, 0.1) is 0 Å². The summed E-state index contributed by atoms with van der Waals surface area (Å²) in [6.07, 6.45) is 4.84. The standard InChI is InChI=1S/C15H14BrN3O/c1-2-6-18-15(20)11-7-14(10-17-9-11)19-13-5-3-4-12(16)8-13/h2-5,7-10,19H,1,6H2,(H,18,20). The van der Waals surface area contributed by atoms with E-state index in [4.69, 9.17) is 0 Å². The fourth-order valence-electron chi connectivity index (χ4n) is 1.63. The average Bonchev–Trinajstić information content (AvgIpc) is 2.45. The Morgan fingerprint density at radius 3 is 2.90 bits per heavy atom. The van der Waals surface area contributed by atoms with E-state index >= 15 is 0 Å². The highest BCUT2D eigenvalue weighted by Crippen LogP contribution is 2.20.